The van der Waals surface area contributed by atoms with Crippen LogP contribution in [0.5, 0.6) is 5.75 Å². The smallest absolute Gasteiger partial charge is 0.190 e. The van der Waals surface area contributed by atoms with Gasteiger partial charge >= 0.3 is 0 Å². The Balaban J connectivity index is 1.78. The number of ether oxygens (including phenoxy) is 2. The highest BCUT2D eigenvalue weighted by Gasteiger charge is 2.34. The molecular weight excluding hydrogens is 256 g/mol. The van der Waals surface area contributed by atoms with Crippen molar-refractivity contribution >= 4 is 0 Å². The lowest BCUT2D eigenvalue weighted by Crippen LogP contribution is -2.44. The van der Waals surface area contributed by atoms with Gasteiger partial charge in [-0.2, -0.15) is 15.6 Å². The standard InChI is InChI=1S/C14H14N4O2/c1-14(7-19-8-14)9-20-11-4-2-3-10(5-11)13-12(6-15)16-18-17-13/h2-5H,7-9H2,1H3,(H,16,17,18). The van der Waals surface area contributed by atoms with Crippen LogP contribution in [-0.4, -0.2) is 35.2 Å². The van der Waals surface area contributed by atoms with Gasteiger partial charge in [0.1, 0.15) is 17.5 Å². The molecule has 6 heteroatoms. The fourth-order valence-electron chi connectivity index (χ4n) is 2.03. The first kappa shape index (κ1) is 12.6. The van der Waals surface area contributed by atoms with Crippen LogP contribution in [0.2, 0.25) is 0 Å². The number of aromatic amines is 1. The van der Waals surface area contributed by atoms with Gasteiger partial charge in [-0.25, -0.2) is 0 Å². The Labute approximate surface area is 116 Å². The maximum absolute atomic E-state index is 8.97. The number of aromatic nitrogens is 3. The molecule has 3 rings (SSSR count). The average molecular weight is 270 g/mol. The van der Waals surface area contributed by atoms with E-state index in [2.05, 4.69) is 22.3 Å². The first-order valence-corrected chi connectivity index (χ1v) is 6.32. The molecule has 1 saturated heterocycles. The minimum absolute atomic E-state index is 0.0989. The second kappa shape index (κ2) is 4.94. The van der Waals surface area contributed by atoms with Crippen LogP contribution in [0.1, 0.15) is 12.6 Å². The Bertz CT molecular complexity index is 655. The Hall–Kier alpha value is -2.39. The first-order valence-electron chi connectivity index (χ1n) is 6.32. The Kier molecular flexibility index (Phi) is 3.12. The molecule has 1 aliphatic heterocycles. The predicted octanol–water partition coefficient (Wildman–Crippen LogP) is 1.76. The summed E-state index contributed by atoms with van der Waals surface area (Å²) in [7, 11) is 0. The van der Waals surface area contributed by atoms with Crippen LogP contribution in [0, 0.1) is 16.7 Å². The van der Waals surface area contributed by atoms with Crippen molar-refractivity contribution in [3.8, 4) is 23.1 Å². The molecule has 0 unspecified atom stereocenters. The third-order valence-electron chi connectivity index (χ3n) is 3.25. The Morgan fingerprint density at radius 1 is 1.45 bits per heavy atom. The SMILES string of the molecule is CC1(COc2cccc(-c3n[nH]nc3C#N)c2)COC1. The van der Waals surface area contributed by atoms with Crippen LogP contribution in [-0.2, 0) is 4.74 Å². The summed E-state index contributed by atoms with van der Waals surface area (Å²) >= 11 is 0. The van der Waals surface area contributed by atoms with Crippen LogP contribution in [0.25, 0.3) is 11.3 Å². The number of rotatable bonds is 4. The molecule has 2 aromatic rings. The van der Waals surface area contributed by atoms with Gasteiger partial charge in [0.15, 0.2) is 5.69 Å². The van der Waals surface area contributed by atoms with Crippen molar-refractivity contribution in [1.29, 1.82) is 5.26 Å². The summed E-state index contributed by atoms with van der Waals surface area (Å²) in [5.41, 5.74) is 1.72. The number of nitriles is 1. The third kappa shape index (κ3) is 2.36. The Morgan fingerprint density at radius 2 is 2.30 bits per heavy atom. The molecule has 6 nitrogen and oxygen atoms in total. The van der Waals surface area contributed by atoms with Crippen molar-refractivity contribution < 1.29 is 9.47 Å². The van der Waals surface area contributed by atoms with Crippen molar-refractivity contribution in [3.63, 3.8) is 0 Å². The van der Waals surface area contributed by atoms with Crippen molar-refractivity contribution in [1.82, 2.24) is 15.4 Å². The topological polar surface area (TPSA) is 83.8 Å². The van der Waals surface area contributed by atoms with Crippen molar-refractivity contribution in [2.24, 2.45) is 5.41 Å². The molecule has 0 atom stereocenters. The molecule has 0 amide bonds. The van der Waals surface area contributed by atoms with E-state index in [0.717, 1.165) is 24.5 Å². The first-order chi connectivity index (χ1) is 9.70. The second-order valence-electron chi connectivity index (χ2n) is 5.25. The maximum atomic E-state index is 8.97. The van der Waals surface area contributed by atoms with Gasteiger partial charge in [0.25, 0.3) is 0 Å². The van der Waals surface area contributed by atoms with Gasteiger partial charge in [-0.15, -0.1) is 5.10 Å². The molecule has 1 N–H and O–H groups in total. The highest BCUT2D eigenvalue weighted by molar-refractivity contribution is 5.65. The van der Waals surface area contributed by atoms with E-state index in [4.69, 9.17) is 14.7 Å². The monoisotopic (exact) mass is 270 g/mol. The number of hydrogen-bond acceptors (Lipinski definition) is 5. The van der Waals surface area contributed by atoms with Crippen LogP contribution < -0.4 is 4.74 Å². The predicted molar refractivity (Wildman–Crippen MR) is 71.0 cm³/mol. The van der Waals surface area contributed by atoms with Crippen molar-refractivity contribution in [2.75, 3.05) is 19.8 Å². The number of benzene rings is 1. The Morgan fingerprint density at radius 3 is 3.00 bits per heavy atom. The molecule has 1 aromatic heterocycles. The zero-order chi connectivity index (χ0) is 14.0. The van der Waals surface area contributed by atoms with E-state index in [1.54, 1.807) is 0 Å². The van der Waals surface area contributed by atoms with Gasteiger partial charge < -0.3 is 9.47 Å². The minimum Gasteiger partial charge on any atom is -0.493 e. The van der Waals surface area contributed by atoms with E-state index in [1.165, 1.54) is 0 Å². The van der Waals surface area contributed by atoms with Crippen LogP contribution in [0.15, 0.2) is 24.3 Å². The quantitative estimate of drug-likeness (QED) is 0.915. The highest BCUT2D eigenvalue weighted by Crippen LogP contribution is 2.29. The fraction of sp³-hybridized carbons (Fsp3) is 0.357. The van der Waals surface area contributed by atoms with Gasteiger partial charge in [0.05, 0.1) is 19.8 Å². The van der Waals surface area contributed by atoms with Crippen LogP contribution in [0.3, 0.4) is 0 Å². The highest BCUT2D eigenvalue weighted by atomic mass is 16.5. The summed E-state index contributed by atoms with van der Waals surface area (Å²) in [5, 5.41) is 19.2. The maximum Gasteiger partial charge on any atom is 0.190 e. The molecule has 102 valence electrons. The summed E-state index contributed by atoms with van der Waals surface area (Å²) < 4.78 is 11.0. The zero-order valence-corrected chi connectivity index (χ0v) is 11.1. The third-order valence-corrected chi connectivity index (χ3v) is 3.25. The summed E-state index contributed by atoms with van der Waals surface area (Å²) in [4.78, 5) is 0. The molecule has 2 heterocycles. The molecule has 0 radical (unpaired) electrons. The van der Waals surface area contributed by atoms with Gasteiger partial charge in [-0.05, 0) is 12.1 Å². The van der Waals surface area contributed by atoms with Crippen LogP contribution >= 0.6 is 0 Å². The summed E-state index contributed by atoms with van der Waals surface area (Å²) in [6.45, 7) is 4.20. The van der Waals surface area contributed by atoms with E-state index in [0.29, 0.717) is 12.3 Å². The average Bonchev–Trinajstić information content (AvgIpc) is 2.92. The van der Waals surface area contributed by atoms with E-state index in [1.807, 2.05) is 30.3 Å². The zero-order valence-electron chi connectivity index (χ0n) is 11.1. The van der Waals surface area contributed by atoms with Gasteiger partial charge in [0.2, 0.25) is 0 Å². The van der Waals surface area contributed by atoms with E-state index >= 15 is 0 Å². The van der Waals surface area contributed by atoms with Crippen LogP contribution in [0.4, 0.5) is 0 Å². The molecule has 0 spiro atoms. The van der Waals surface area contributed by atoms with E-state index in [-0.39, 0.29) is 11.1 Å². The molecule has 0 saturated carbocycles. The lowest BCUT2D eigenvalue weighted by molar-refractivity contribution is -0.120. The second-order valence-corrected chi connectivity index (χ2v) is 5.25. The van der Waals surface area contributed by atoms with E-state index in [9.17, 15) is 0 Å². The molecule has 20 heavy (non-hydrogen) atoms. The fourth-order valence-corrected chi connectivity index (χ4v) is 2.03. The summed E-state index contributed by atoms with van der Waals surface area (Å²) in [6.07, 6.45) is 0. The minimum atomic E-state index is 0.0989. The van der Waals surface area contributed by atoms with E-state index < -0.39 is 0 Å². The molecule has 0 aliphatic carbocycles. The number of nitrogens with zero attached hydrogens (tertiary/aromatic N) is 3. The number of nitrogens with one attached hydrogen (secondary N) is 1. The van der Waals surface area contributed by atoms with Gasteiger partial charge in [-0.3, -0.25) is 0 Å². The van der Waals surface area contributed by atoms with Crippen molar-refractivity contribution in [3.05, 3.63) is 30.0 Å². The molecule has 1 aromatic carbocycles. The lowest BCUT2D eigenvalue weighted by Gasteiger charge is -2.37. The lowest BCUT2D eigenvalue weighted by atomic mass is 9.90. The largest absolute Gasteiger partial charge is 0.493 e. The summed E-state index contributed by atoms with van der Waals surface area (Å²) in [6, 6.07) is 9.51. The number of H-pyrrole nitrogens is 1. The molecule has 1 fully saturated rings. The number of hydrogen-bond donors (Lipinski definition) is 1. The molecule has 1 aliphatic rings. The van der Waals surface area contributed by atoms with Crippen molar-refractivity contribution in [2.45, 2.75) is 6.92 Å². The van der Waals surface area contributed by atoms with Gasteiger partial charge in [-0.1, -0.05) is 19.1 Å². The van der Waals surface area contributed by atoms with Gasteiger partial charge in [0, 0.05) is 11.0 Å². The normalized spacial score (nSPS) is 16.2. The molecular formula is C14H14N4O2. The summed E-state index contributed by atoms with van der Waals surface area (Å²) in [5.74, 6) is 0.752. The molecule has 0 bridgehead atoms.